The van der Waals surface area contributed by atoms with E-state index in [4.69, 9.17) is 10.5 Å². The zero-order valence-electron chi connectivity index (χ0n) is 11.8. The van der Waals surface area contributed by atoms with Gasteiger partial charge in [0.1, 0.15) is 5.82 Å². The number of ether oxygens (including phenoxy) is 1. The third-order valence-electron chi connectivity index (χ3n) is 3.85. The first-order valence-corrected chi connectivity index (χ1v) is 7.88. The Morgan fingerprint density at radius 1 is 1.50 bits per heavy atom. The lowest BCUT2D eigenvalue weighted by atomic mass is 10.0. The minimum absolute atomic E-state index is 0.0168. The molecule has 112 valence electrons. The Morgan fingerprint density at radius 2 is 2.30 bits per heavy atom. The van der Waals surface area contributed by atoms with Gasteiger partial charge in [-0.15, -0.1) is 0 Å². The molecule has 0 radical (unpaired) electrons. The van der Waals surface area contributed by atoms with Crippen molar-refractivity contribution in [3.05, 3.63) is 34.1 Å². The third-order valence-corrected chi connectivity index (χ3v) is 4.49. The van der Waals surface area contributed by atoms with E-state index in [-0.39, 0.29) is 18.0 Å². The molecule has 20 heavy (non-hydrogen) atoms. The molecule has 2 rings (SSSR count). The summed E-state index contributed by atoms with van der Waals surface area (Å²) in [5.41, 5.74) is 6.79. The number of nitrogens with zero attached hydrogens (tertiary/aromatic N) is 1. The van der Waals surface area contributed by atoms with Crippen molar-refractivity contribution in [2.24, 2.45) is 5.73 Å². The molecule has 1 aliphatic heterocycles. The predicted octanol–water partition coefficient (Wildman–Crippen LogP) is 3.09. The summed E-state index contributed by atoms with van der Waals surface area (Å²) in [4.78, 5) is 2.17. The average molecular weight is 345 g/mol. The molecule has 0 amide bonds. The van der Waals surface area contributed by atoms with Gasteiger partial charge in [0.05, 0.1) is 10.6 Å². The molecule has 1 aromatic rings. The van der Waals surface area contributed by atoms with E-state index in [0.717, 1.165) is 31.6 Å². The van der Waals surface area contributed by atoms with Crippen LogP contribution in [-0.4, -0.2) is 37.7 Å². The van der Waals surface area contributed by atoms with Crippen molar-refractivity contribution in [2.75, 3.05) is 26.7 Å². The van der Waals surface area contributed by atoms with Gasteiger partial charge in [-0.3, -0.25) is 4.90 Å². The number of hydrogen-bond acceptors (Lipinski definition) is 3. The average Bonchev–Trinajstić information content (AvgIpc) is 2.44. The van der Waals surface area contributed by atoms with Gasteiger partial charge in [-0.05, 0) is 59.9 Å². The van der Waals surface area contributed by atoms with Crippen LogP contribution in [-0.2, 0) is 4.74 Å². The molecule has 0 aliphatic carbocycles. The van der Waals surface area contributed by atoms with Crippen LogP contribution in [0, 0.1) is 5.82 Å². The van der Waals surface area contributed by atoms with Gasteiger partial charge in [-0.25, -0.2) is 4.39 Å². The van der Waals surface area contributed by atoms with Crippen LogP contribution in [0.5, 0.6) is 0 Å². The molecule has 2 N–H and O–H groups in total. The summed E-state index contributed by atoms with van der Waals surface area (Å²) in [6.45, 7) is 2.14. The zero-order valence-corrected chi connectivity index (χ0v) is 13.4. The fraction of sp³-hybridized carbons (Fsp3) is 0.600. The quantitative estimate of drug-likeness (QED) is 0.891. The minimum Gasteiger partial charge on any atom is -0.377 e. The van der Waals surface area contributed by atoms with Crippen molar-refractivity contribution >= 4 is 15.9 Å². The van der Waals surface area contributed by atoms with Crippen molar-refractivity contribution in [2.45, 2.75) is 31.4 Å². The topological polar surface area (TPSA) is 38.5 Å². The van der Waals surface area contributed by atoms with E-state index >= 15 is 0 Å². The summed E-state index contributed by atoms with van der Waals surface area (Å²) in [5, 5.41) is 0. The molecular weight excluding hydrogens is 323 g/mol. The lowest BCUT2D eigenvalue weighted by Crippen LogP contribution is -2.38. The number of likely N-dealkylation sites (N-methyl/N-ethyl adjacent to an activating group) is 1. The molecule has 1 aliphatic rings. The van der Waals surface area contributed by atoms with E-state index in [2.05, 4.69) is 20.8 Å². The van der Waals surface area contributed by atoms with Crippen molar-refractivity contribution in [3.63, 3.8) is 0 Å². The van der Waals surface area contributed by atoms with Crippen LogP contribution < -0.4 is 5.73 Å². The Hall–Kier alpha value is -0.490. The van der Waals surface area contributed by atoms with E-state index in [0.29, 0.717) is 11.0 Å². The zero-order chi connectivity index (χ0) is 14.5. The molecule has 0 spiro atoms. The van der Waals surface area contributed by atoms with E-state index in [9.17, 15) is 4.39 Å². The summed E-state index contributed by atoms with van der Waals surface area (Å²) in [7, 11) is 2.02. The molecule has 0 bridgehead atoms. The largest absolute Gasteiger partial charge is 0.377 e. The van der Waals surface area contributed by atoms with Crippen molar-refractivity contribution in [3.8, 4) is 0 Å². The predicted molar refractivity (Wildman–Crippen MR) is 82.1 cm³/mol. The van der Waals surface area contributed by atoms with Crippen LogP contribution in [0.15, 0.2) is 22.7 Å². The van der Waals surface area contributed by atoms with E-state index < -0.39 is 0 Å². The Labute approximate surface area is 128 Å². The molecule has 1 heterocycles. The normalized spacial score (nSPS) is 21.1. The van der Waals surface area contributed by atoms with Gasteiger partial charge in [0.2, 0.25) is 0 Å². The minimum atomic E-state index is -0.247. The van der Waals surface area contributed by atoms with Crippen LogP contribution in [0.1, 0.15) is 30.9 Å². The number of nitrogens with two attached hydrogens (primary N) is 1. The summed E-state index contributed by atoms with van der Waals surface area (Å²) < 4.78 is 19.9. The summed E-state index contributed by atoms with van der Waals surface area (Å²) in [5.74, 6) is -0.247. The fourth-order valence-electron chi connectivity index (χ4n) is 2.69. The first-order chi connectivity index (χ1) is 9.61. The Balaban J connectivity index is 2.03. The number of rotatable bonds is 5. The van der Waals surface area contributed by atoms with Crippen molar-refractivity contribution < 1.29 is 9.13 Å². The van der Waals surface area contributed by atoms with Gasteiger partial charge in [0.25, 0.3) is 0 Å². The maximum Gasteiger partial charge on any atom is 0.137 e. The Bertz CT molecular complexity index is 438. The molecular formula is C15H22BrFN2O. The molecule has 0 aromatic heterocycles. The number of hydrogen-bond donors (Lipinski definition) is 1. The lowest BCUT2D eigenvalue weighted by Gasteiger charge is -2.32. The van der Waals surface area contributed by atoms with Crippen LogP contribution >= 0.6 is 15.9 Å². The summed E-state index contributed by atoms with van der Waals surface area (Å²) in [6, 6.07) is 5.23. The van der Waals surface area contributed by atoms with E-state index in [1.807, 2.05) is 13.1 Å². The van der Waals surface area contributed by atoms with E-state index in [1.165, 1.54) is 6.42 Å². The number of halogens is 2. The van der Waals surface area contributed by atoms with Gasteiger partial charge in [-0.2, -0.15) is 0 Å². The number of benzene rings is 1. The molecule has 5 heteroatoms. The molecule has 2 unspecified atom stereocenters. The first kappa shape index (κ1) is 15.9. The van der Waals surface area contributed by atoms with Gasteiger partial charge in [0.15, 0.2) is 0 Å². The van der Waals surface area contributed by atoms with Gasteiger partial charge in [0, 0.05) is 25.7 Å². The standard InChI is InChI=1S/C15H22BrFN2O/c1-19(10-12-4-2-3-7-20-12)15(9-18)11-5-6-13(16)14(17)8-11/h5-6,8,12,15H,2-4,7,9-10,18H2,1H3. The van der Waals surface area contributed by atoms with Crippen molar-refractivity contribution in [1.29, 1.82) is 0 Å². The fourth-order valence-corrected chi connectivity index (χ4v) is 2.94. The highest BCUT2D eigenvalue weighted by Crippen LogP contribution is 2.25. The molecule has 1 fully saturated rings. The van der Waals surface area contributed by atoms with Gasteiger partial charge >= 0.3 is 0 Å². The molecule has 1 saturated heterocycles. The second-order valence-electron chi connectivity index (χ2n) is 5.35. The molecule has 1 aromatic carbocycles. The second-order valence-corrected chi connectivity index (χ2v) is 6.21. The third kappa shape index (κ3) is 4.01. The SMILES string of the molecule is CN(CC1CCCCO1)C(CN)c1ccc(Br)c(F)c1. The van der Waals surface area contributed by atoms with Crippen LogP contribution in [0.2, 0.25) is 0 Å². The maximum absolute atomic E-state index is 13.7. The Kier molecular flexibility index (Phi) is 5.96. The van der Waals surface area contributed by atoms with Crippen molar-refractivity contribution in [1.82, 2.24) is 4.90 Å². The molecule has 0 saturated carbocycles. The van der Waals surface area contributed by atoms with Crippen LogP contribution in [0.4, 0.5) is 4.39 Å². The first-order valence-electron chi connectivity index (χ1n) is 7.08. The second kappa shape index (κ2) is 7.50. The van der Waals surface area contributed by atoms with Gasteiger partial charge in [-0.1, -0.05) is 6.07 Å². The Morgan fingerprint density at radius 3 is 2.90 bits per heavy atom. The summed E-state index contributed by atoms with van der Waals surface area (Å²) >= 11 is 3.18. The lowest BCUT2D eigenvalue weighted by molar-refractivity contribution is -0.00779. The monoisotopic (exact) mass is 344 g/mol. The highest BCUT2D eigenvalue weighted by atomic mass is 79.9. The molecule has 2 atom stereocenters. The summed E-state index contributed by atoms with van der Waals surface area (Å²) in [6.07, 6.45) is 3.73. The van der Waals surface area contributed by atoms with Gasteiger partial charge < -0.3 is 10.5 Å². The van der Waals surface area contributed by atoms with Crippen LogP contribution in [0.3, 0.4) is 0 Å². The highest BCUT2D eigenvalue weighted by Gasteiger charge is 2.22. The smallest absolute Gasteiger partial charge is 0.137 e. The highest BCUT2D eigenvalue weighted by molar-refractivity contribution is 9.10. The maximum atomic E-state index is 13.7. The van der Waals surface area contributed by atoms with E-state index in [1.54, 1.807) is 12.1 Å². The van der Waals surface area contributed by atoms with Crippen LogP contribution in [0.25, 0.3) is 0 Å². The molecule has 3 nitrogen and oxygen atoms in total.